The second kappa shape index (κ2) is 7.12. The van der Waals surface area contributed by atoms with E-state index in [-0.39, 0.29) is 11.5 Å². The fraction of sp³-hybridized carbons (Fsp3) is 0.348. The van der Waals surface area contributed by atoms with Crippen LogP contribution < -0.4 is 0 Å². The molecule has 1 aromatic heterocycles. The zero-order valence-corrected chi connectivity index (χ0v) is 16.5. The van der Waals surface area contributed by atoms with E-state index in [0.29, 0.717) is 31.1 Å². The number of nitrogens with one attached hydrogen (secondary N) is 1. The van der Waals surface area contributed by atoms with Gasteiger partial charge in [-0.25, -0.2) is 4.98 Å². The molecule has 1 unspecified atom stereocenters. The Kier molecular flexibility index (Phi) is 4.43. The SMILES string of the molecule is CCc1nc(-c2ccc(C(=O)N3CCOC4(CCc5ccccc54)C3)cc2)n[nH]1. The lowest BCUT2D eigenvalue weighted by Crippen LogP contribution is -2.51. The van der Waals surface area contributed by atoms with Gasteiger partial charge in [0.15, 0.2) is 5.82 Å². The third-order valence-corrected chi connectivity index (χ3v) is 6.04. The number of hydrogen-bond donors (Lipinski definition) is 1. The van der Waals surface area contributed by atoms with Crippen LogP contribution in [0.15, 0.2) is 48.5 Å². The fourth-order valence-corrected chi connectivity index (χ4v) is 4.45. The Hall–Kier alpha value is -2.99. The molecule has 5 rings (SSSR count). The van der Waals surface area contributed by atoms with Crippen molar-refractivity contribution in [2.45, 2.75) is 31.8 Å². The molecular formula is C23H24N4O2. The second-order valence-corrected chi connectivity index (χ2v) is 7.76. The average molecular weight is 388 g/mol. The summed E-state index contributed by atoms with van der Waals surface area (Å²) in [5.74, 6) is 1.57. The highest BCUT2D eigenvalue weighted by molar-refractivity contribution is 5.94. The molecule has 1 atom stereocenters. The van der Waals surface area contributed by atoms with Crippen LogP contribution in [0.25, 0.3) is 11.4 Å². The van der Waals surface area contributed by atoms with E-state index in [1.54, 1.807) is 0 Å². The summed E-state index contributed by atoms with van der Waals surface area (Å²) < 4.78 is 6.25. The Labute approximate surface area is 169 Å². The molecule has 0 radical (unpaired) electrons. The van der Waals surface area contributed by atoms with Crippen LogP contribution in [0.4, 0.5) is 0 Å². The van der Waals surface area contributed by atoms with Crippen molar-refractivity contribution in [2.24, 2.45) is 0 Å². The van der Waals surface area contributed by atoms with E-state index in [1.165, 1.54) is 11.1 Å². The number of amides is 1. The van der Waals surface area contributed by atoms with Gasteiger partial charge < -0.3 is 9.64 Å². The van der Waals surface area contributed by atoms with Gasteiger partial charge in [0.05, 0.1) is 13.2 Å². The third kappa shape index (κ3) is 3.13. The van der Waals surface area contributed by atoms with Crippen molar-refractivity contribution in [3.8, 4) is 11.4 Å². The highest BCUT2D eigenvalue weighted by Crippen LogP contribution is 2.42. The van der Waals surface area contributed by atoms with Crippen molar-refractivity contribution in [1.82, 2.24) is 20.1 Å². The Morgan fingerprint density at radius 1 is 1.21 bits per heavy atom. The maximum atomic E-state index is 13.2. The number of benzene rings is 2. The first kappa shape index (κ1) is 18.1. The number of H-pyrrole nitrogens is 1. The van der Waals surface area contributed by atoms with E-state index >= 15 is 0 Å². The smallest absolute Gasteiger partial charge is 0.254 e. The van der Waals surface area contributed by atoms with Gasteiger partial charge in [-0.05, 0) is 36.1 Å². The number of morpholine rings is 1. The summed E-state index contributed by atoms with van der Waals surface area (Å²) in [6.45, 7) is 3.82. The number of nitrogens with zero attached hydrogens (tertiary/aromatic N) is 3. The van der Waals surface area contributed by atoms with Crippen molar-refractivity contribution in [2.75, 3.05) is 19.7 Å². The van der Waals surface area contributed by atoms with Crippen molar-refractivity contribution in [3.05, 3.63) is 71.0 Å². The van der Waals surface area contributed by atoms with E-state index in [0.717, 1.165) is 30.7 Å². The van der Waals surface area contributed by atoms with Gasteiger partial charge in [0.1, 0.15) is 11.4 Å². The molecule has 1 N–H and O–H groups in total. The van der Waals surface area contributed by atoms with E-state index in [4.69, 9.17) is 4.74 Å². The number of carbonyl (C=O) groups excluding carboxylic acids is 1. The molecule has 1 aliphatic heterocycles. The predicted octanol–water partition coefficient (Wildman–Crippen LogP) is 3.35. The molecule has 6 heteroatoms. The first-order chi connectivity index (χ1) is 14.2. The van der Waals surface area contributed by atoms with Gasteiger partial charge in [-0.1, -0.05) is 43.3 Å². The fourth-order valence-electron chi connectivity index (χ4n) is 4.45. The van der Waals surface area contributed by atoms with E-state index in [2.05, 4.69) is 39.4 Å². The molecule has 1 saturated heterocycles. The van der Waals surface area contributed by atoms with Crippen LogP contribution in [0, 0.1) is 0 Å². The van der Waals surface area contributed by atoms with Crippen molar-refractivity contribution in [1.29, 1.82) is 0 Å². The highest BCUT2D eigenvalue weighted by atomic mass is 16.5. The number of aryl methyl sites for hydroxylation is 2. The molecule has 1 spiro atoms. The third-order valence-electron chi connectivity index (χ3n) is 6.04. The molecule has 2 heterocycles. The van der Waals surface area contributed by atoms with Crippen molar-refractivity contribution < 1.29 is 9.53 Å². The molecule has 3 aromatic rings. The quantitative estimate of drug-likeness (QED) is 0.747. The number of carbonyl (C=O) groups is 1. The molecule has 29 heavy (non-hydrogen) atoms. The van der Waals surface area contributed by atoms with Gasteiger partial charge >= 0.3 is 0 Å². The topological polar surface area (TPSA) is 71.1 Å². The molecular weight excluding hydrogens is 364 g/mol. The van der Waals surface area contributed by atoms with Crippen LogP contribution in [0.3, 0.4) is 0 Å². The first-order valence-electron chi connectivity index (χ1n) is 10.2. The lowest BCUT2D eigenvalue weighted by Gasteiger charge is -2.41. The lowest BCUT2D eigenvalue weighted by molar-refractivity contribution is -0.103. The number of aromatic amines is 1. The molecule has 1 fully saturated rings. The molecule has 1 amide bonds. The summed E-state index contributed by atoms with van der Waals surface area (Å²) in [4.78, 5) is 19.6. The standard InChI is InChI=1S/C23H24N4O2/c1-2-20-24-21(26-25-20)17-7-9-18(10-8-17)22(28)27-13-14-29-23(15-27)12-11-16-5-3-4-6-19(16)23/h3-10H,2,11-15H2,1H3,(H,24,25,26). The van der Waals surface area contributed by atoms with Crippen LogP contribution in [0.5, 0.6) is 0 Å². The zero-order valence-electron chi connectivity index (χ0n) is 16.5. The lowest BCUT2D eigenvalue weighted by atomic mass is 9.93. The summed E-state index contributed by atoms with van der Waals surface area (Å²) in [5, 5.41) is 7.17. The zero-order chi connectivity index (χ0) is 19.8. The number of rotatable bonds is 3. The predicted molar refractivity (Wildman–Crippen MR) is 109 cm³/mol. The molecule has 2 aromatic carbocycles. The van der Waals surface area contributed by atoms with Gasteiger partial charge in [-0.3, -0.25) is 9.89 Å². The monoisotopic (exact) mass is 388 g/mol. The Balaban J connectivity index is 1.35. The number of fused-ring (bicyclic) bond motifs is 2. The molecule has 1 aliphatic carbocycles. The number of hydrogen-bond acceptors (Lipinski definition) is 4. The minimum Gasteiger partial charge on any atom is -0.367 e. The van der Waals surface area contributed by atoms with Gasteiger partial charge in [-0.15, -0.1) is 0 Å². The highest BCUT2D eigenvalue weighted by Gasteiger charge is 2.44. The molecule has 0 saturated carbocycles. The Bertz CT molecular complexity index is 1040. The second-order valence-electron chi connectivity index (χ2n) is 7.76. The van der Waals surface area contributed by atoms with Crippen molar-refractivity contribution >= 4 is 5.91 Å². The summed E-state index contributed by atoms with van der Waals surface area (Å²) in [6, 6.07) is 16.0. The first-order valence-corrected chi connectivity index (χ1v) is 10.2. The van der Waals surface area contributed by atoms with Crippen LogP contribution in [-0.4, -0.2) is 45.7 Å². The van der Waals surface area contributed by atoms with Gasteiger partial charge in [0.2, 0.25) is 0 Å². The van der Waals surface area contributed by atoms with Crippen LogP contribution in [0.2, 0.25) is 0 Å². The summed E-state index contributed by atoms with van der Waals surface area (Å²) >= 11 is 0. The summed E-state index contributed by atoms with van der Waals surface area (Å²) in [7, 11) is 0. The maximum Gasteiger partial charge on any atom is 0.254 e. The minimum absolute atomic E-state index is 0.0489. The Morgan fingerprint density at radius 2 is 2.03 bits per heavy atom. The van der Waals surface area contributed by atoms with Gasteiger partial charge in [0.25, 0.3) is 5.91 Å². The molecule has 148 valence electrons. The number of aromatic nitrogens is 3. The van der Waals surface area contributed by atoms with E-state index < -0.39 is 0 Å². The van der Waals surface area contributed by atoms with Crippen molar-refractivity contribution in [3.63, 3.8) is 0 Å². The van der Waals surface area contributed by atoms with Crippen LogP contribution in [-0.2, 0) is 23.2 Å². The normalized spacial score (nSPS) is 20.8. The Morgan fingerprint density at radius 3 is 2.83 bits per heavy atom. The average Bonchev–Trinajstić information content (AvgIpc) is 3.39. The van der Waals surface area contributed by atoms with Crippen LogP contribution >= 0.6 is 0 Å². The van der Waals surface area contributed by atoms with Gasteiger partial charge in [0, 0.05) is 24.1 Å². The van der Waals surface area contributed by atoms with E-state index in [1.807, 2.05) is 36.1 Å². The largest absolute Gasteiger partial charge is 0.367 e. The van der Waals surface area contributed by atoms with E-state index in [9.17, 15) is 4.79 Å². The van der Waals surface area contributed by atoms with Crippen LogP contribution in [0.1, 0.15) is 40.7 Å². The minimum atomic E-state index is -0.361. The molecule has 2 aliphatic rings. The molecule has 6 nitrogen and oxygen atoms in total. The van der Waals surface area contributed by atoms with Gasteiger partial charge in [-0.2, -0.15) is 5.10 Å². The molecule has 0 bridgehead atoms. The maximum absolute atomic E-state index is 13.2. The summed E-state index contributed by atoms with van der Waals surface area (Å²) in [6.07, 6.45) is 2.74. The number of ether oxygens (including phenoxy) is 1. The summed E-state index contributed by atoms with van der Waals surface area (Å²) in [5.41, 5.74) is 3.80.